The van der Waals surface area contributed by atoms with Crippen LogP contribution in [0.15, 0.2) is 138 Å². The van der Waals surface area contributed by atoms with Gasteiger partial charge >= 0.3 is 0 Å². The Morgan fingerprint density at radius 1 is 0.784 bits per heavy atom. The predicted octanol–water partition coefficient (Wildman–Crippen LogP) is 7.17. The van der Waals surface area contributed by atoms with Crippen LogP contribution < -0.4 is 4.72 Å². The number of benzene rings is 5. The molecule has 0 aromatic heterocycles. The van der Waals surface area contributed by atoms with Crippen LogP contribution >= 0.6 is 0 Å². The van der Waals surface area contributed by atoms with Crippen LogP contribution in [0.25, 0.3) is 11.1 Å². The zero-order valence-corrected chi connectivity index (χ0v) is 30.0. The zero-order valence-electron chi connectivity index (χ0n) is 29.2. The Morgan fingerprint density at radius 3 is 2.06 bits per heavy atom. The fourth-order valence-corrected chi connectivity index (χ4v) is 7.61. The van der Waals surface area contributed by atoms with Crippen LogP contribution in [-0.2, 0) is 32.6 Å². The molecule has 1 fully saturated rings. The summed E-state index contributed by atoms with van der Waals surface area (Å²) in [5.41, 5.74) is 6.27. The molecule has 1 saturated heterocycles. The summed E-state index contributed by atoms with van der Waals surface area (Å²) < 4.78 is 42.0. The van der Waals surface area contributed by atoms with Crippen molar-refractivity contribution >= 4 is 10.0 Å². The van der Waals surface area contributed by atoms with E-state index in [1.807, 2.05) is 117 Å². The Morgan fingerprint density at radius 2 is 1.39 bits per heavy atom. The topological polar surface area (TPSA) is 108 Å². The van der Waals surface area contributed by atoms with E-state index in [4.69, 9.17) is 9.47 Å². The Kier molecular flexibility index (Phi) is 11.8. The monoisotopic (exact) mass is 706 g/mol. The van der Waals surface area contributed by atoms with E-state index in [1.54, 1.807) is 30.3 Å². The Balaban J connectivity index is 1.22. The van der Waals surface area contributed by atoms with Crippen LogP contribution in [0.2, 0.25) is 0 Å². The molecule has 1 heterocycles. The van der Waals surface area contributed by atoms with Crippen molar-refractivity contribution < 1.29 is 28.1 Å². The van der Waals surface area contributed by atoms with Gasteiger partial charge in [0.1, 0.15) is 0 Å². The molecular weight excluding hydrogens is 661 g/mol. The first kappa shape index (κ1) is 36.6. The van der Waals surface area contributed by atoms with E-state index in [2.05, 4.69) is 16.5 Å². The minimum absolute atomic E-state index is 0.0180. The molecule has 5 aromatic carbocycles. The number of sulfonamides is 1. The van der Waals surface area contributed by atoms with E-state index in [-0.39, 0.29) is 42.2 Å². The van der Waals surface area contributed by atoms with Crippen LogP contribution in [0, 0.1) is 5.92 Å². The molecule has 3 N–H and O–H groups in total. The van der Waals surface area contributed by atoms with Gasteiger partial charge in [0.25, 0.3) is 0 Å². The minimum Gasteiger partial charge on any atom is -0.392 e. The van der Waals surface area contributed by atoms with Gasteiger partial charge in [-0.05, 0) is 59.5 Å². The summed E-state index contributed by atoms with van der Waals surface area (Å²) in [4.78, 5) is 2.36. The zero-order chi connectivity index (χ0) is 36.0. The largest absolute Gasteiger partial charge is 0.392 e. The van der Waals surface area contributed by atoms with Crippen molar-refractivity contribution in [2.24, 2.45) is 5.92 Å². The van der Waals surface area contributed by atoms with Crippen molar-refractivity contribution in [3.05, 3.63) is 161 Å². The van der Waals surface area contributed by atoms with Gasteiger partial charge in [0, 0.05) is 30.6 Å². The quantitative estimate of drug-likeness (QED) is 0.119. The number of aliphatic hydroxyl groups excluding tert-OH is 2. The first-order valence-corrected chi connectivity index (χ1v) is 18.8. The van der Waals surface area contributed by atoms with Crippen molar-refractivity contribution in [3.63, 3.8) is 0 Å². The summed E-state index contributed by atoms with van der Waals surface area (Å²) in [5, 5.41) is 20.8. The number of nitrogens with one attached hydrogen (secondary N) is 1. The molecular formula is C42H46N2O6S. The average Bonchev–Trinajstić information content (AvgIpc) is 3.18. The lowest BCUT2D eigenvalue weighted by atomic mass is 9.89. The Bertz CT molecular complexity index is 1960. The highest BCUT2D eigenvalue weighted by molar-refractivity contribution is 7.89. The molecule has 0 radical (unpaired) electrons. The van der Waals surface area contributed by atoms with E-state index in [0.29, 0.717) is 6.54 Å². The lowest BCUT2D eigenvalue weighted by Gasteiger charge is -2.43. The Hall–Kier alpha value is -4.19. The molecule has 0 bridgehead atoms. The third-order valence-electron chi connectivity index (χ3n) is 9.90. The molecule has 9 heteroatoms. The van der Waals surface area contributed by atoms with Gasteiger partial charge in [0.05, 0.1) is 29.8 Å². The molecule has 8 nitrogen and oxygen atoms in total. The number of ether oxygens (including phenoxy) is 2. The fraction of sp³-hybridized carbons (Fsp3) is 0.286. The van der Waals surface area contributed by atoms with Crippen LogP contribution in [0.4, 0.5) is 0 Å². The summed E-state index contributed by atoms with van der Waals surface area (Å²) >= 11 is 0. The molecule has 0 saturated carbocycles. The van der Waals surface area contributed by atoms with Gasteiger partial charge in [-0.25, -0.2) is 13.1 Å². The lowest BCUT2D eigenvalue weighted by Crippen LogP contribution is -2.46. The van der Waals surface area contributed by atoms with Gasteiger partial charge in [0.15, 0.2) is 6.29 Å². The van der Waals surface area contributed by atoms with Crippen molar-refractivity contribution in [2.75, 3.05) is 13.6 Å². The number of hydrogen-bond acceptors (Lipinski definition) is 7. The molecule has 1 aliphatic rings. The Labute approximate surface area is 301 Å². The highest BCUT2D eigenvalue weighted by Crippen LogP contribution is 2.42. The van der Waals surface area contributed by atoms with Crippen molar-refractivity contribution in [3.8, 4) is 11.1 Å². The molecule has 0 amide bonds. The molecule has 1 aliphatic heterocycles. The van der Waals surface area contributed by atoms with Crippen LogP contribution in [-0.4, -0.2) is 49.3 Å². The number of aliphatic hydroxyl groups is 2. The average molecular weight is 707 g/mol. The highest BCUT2D eigenvalue weighted by atomic mass is 32.2. The smallest absolute Gasteiger partial charge is 0.240 e. The van der Waals surface area contributed by atoms with Crippen LogP contribution in [0.5, 0.6) is 0 Å². The second kappa shape index (κ2) is 16.4. The SMILES string of the molecule is C[C@H]1[C@@H](CN(C)[C@H](C)[C@@H](O)c2ccccc2)O[C@@H](c2ccc(-c3ccccc3CNS(=O)(=O)c3ccccc3)cc2)O[C@H]1c1ccc(CO)cc1. The van der Waals surface area contributed by atoms with Gasteiger partial charge in [0.2, 0.25) is 10.0 Å². The van der Waals surface area contributed by atoms with E-state index in [9.17, 15) is 18.6 Å². The van der Waals surface area contributed by atoms with Gasteiger partial charge < -0.3 is 19.7 Å². The van der Waals surface area contributed by atoms with Gasteiger partial charge in [-0.3, -0.25) is 4.90 Å². The van der Waals surface area contributed by atoms with Gasteiger partial charge in [-0.15, -0.1) is 0 Å². The molecule has 266 valence electrons. The summed E-state index contributed by atoms with van der Waals surface area (Å²) in [6, 6.07) is 41.5. The van der Waals surface area contributed by atoms with E-state index in [1.165, 1.54) is 0 Å². The lowest BCUT2D eigenvalue weighted by molar-refractivity contribution is -0.276. The first-order valence-electron chi connectivity index (χ1n) is 17.3. The number of rotatable bonds is 13. The predicted molar refractivity (Wildman–Crippen MR) is 199 cm³/mol. The van der Waals surface area contributed by atoms with Crippen LogP contribution in [0.3, 0.4) is 0 Å². The maximum atomic E-state index is 12.9. The fourth-order valence-electron chi connectivity index (χ4n) is 6.58. The summed E-state index contributed by atoms with van der Waals surface area (Å²) in [6.07, 6.45) is -1.81. The summed E-state index contributed by atoms with van der Waals surface area (Å²) in [7, 11) is -1.66. The third kappa shape index (κ3) is 8.65. The van der Waals surface area contributed by atoms with Gasteiger partial charge in [-0.1, -0.05) is 128 Å². The maximum Gasteiger partial charge on any atom is 0.240 e. The standard InChI is InChI=1S/C42H46N2O6S/c1-29-39(27-44(3)30(2)40(46)33-12-6-4-7-13-33)49-42(50-41(29)34-20-18-31(28-45)19-21-34)35-24-22-32(23-25-35)38-17-11-10-14-36(38)26-43-51(47,48)37-15-8-5-9-16-37/h4-25,29-30,39-43,45-46H,26-28H2,1-3H3/t29-,30+,39+,40+,41+,42+/m0/s1. The van der Waals surface area contributed by atoms with Crippen LogP contribution in [0.1, 0.15) is 60.2 Å². The normalized spacial score (nSPS) is 20.6. The molecule has 51 heavy (non-hydrogen) atoms. The minimum atomic E-state index is -3.67. The molecule has 6 rings (SSSR count). The molecule has 0 spiro atoms. The van der Waals surface area contributed by atoms with E-state index in [0.717, 1.165) is 38.9 Å². The van der Waals surface area contributed by atoms with Crippen molar-refractivity contribution in [1.29, 1.82) is 0 Å². The summed E-state index contributed by atoms with van der Waals surface area (Å²) in [6.45, 7) is 4.83. The maximum absolute atomic E-state index is 12.9. The summed E-state index contributed by atoms with van der Waals surface area (Å²) in [5.74, 6) is -0.0180. The second-order valence-electron chi connectivity index (χ2n) is 13.3. The van der Waals surface area contributed by atoms with E-state index < -0.39 is 22.4 Å². The van der Waals surface area contributed by atoms with Gasteiger partial charge in [-0.2, -0.15) is 0 Å². The van der Waals surface area contributed by atoms with Crippen molar-refractivity contribution in [1.82, 2.24) is 9.62 Å². The molecule has 6 atom stereocenters. The van der Waals surface area contributed by atoms with Crippen molar-refractivity contribution in [2.45, 2.75) is 62.5 Å². The first-order chi connectivity index (χ1) is 24.6. The molecule has 0 unspecified atom stereocenters. The number of likely N-dealkylation sites (N-methyl/N-ethyl adjacent to an activating group) is 1. The number of nitrogens with zero attached hydrogens (tertiary/aromatic N) is 1. The molecule has 0 aliphatic carbocycles. The molecule has 5 aromatic rings. The third-order valence-corrected chi connectivity index (χ3v) is 11.3. The van der Waals surface area contributed by atoms with E-state index >= 15 is 0 Å². The number of hydrogen-bond donors (Lipinski definition) is 3. The second-order valence-corrected chi connectivity index (χ2v) is 15.0. The highest BCUT2D eigenvalue weighted by Gasteiger charge is 2.39.